The lowest BCUT2D eigenvalue weighted by Gasteiger charge is -2.30. The third kappa shape index (κ3) is 5.74. The maximum Gasteiger partial charge on any atom is 0.238 e. The van der Waals surface area contributed by atoms with Gasteiger partial charge < -0.3 is 10.6 Å². The van der Waals surface area contributed by atoms with Gasteiger partial charge in [-0.3, -0.25) is 14.5 Å². The molecule has 0 spiro atoms. The summed E-state index contributed by atoms with van der Waals surface area (Å²) >= 11 is 5.73. The molecule has 142 valence electrons. The van der Waals surface area contributed by atoms with Gasteiger partial charge in [0.25, 0.3) is 0 Å². The molecule has 1 aromatic heterocycles. The van der Waals surface area contributed by atoms with Crippen LogP contribution >= 0.6 is 11.6 Å². The quantitative estimate of drug-likeness (QED) is 0.769. The molecule has 1 saturated heterocycles. The van der Waals surface area contributed by atoms with Crippen LogP contribution in [-0.4, -0.2) is 41.3 Å². The number of hydrogen-bond donors (Lipinski definition) is 2. The molecule has 0 bridgehead atoms. The minimum atomic E-state index is -0.345. The molecule has 1 aliphatic heterocycles. The lowest BCUT2D eigenvalue weighted by molar-refractivity contribution is -0.121. The first-order chi connectivity index (χ1) is 13.0. The number of pyridine rings is 1. The molecular weight excluding hydrogens is 371 g/mol. The Morgan fingerprint density at radius 2 is 1.74 bits per heavy atom. The third-order valence-electron chi connectivity index (χ3n) is 4.45. The van der Waals surface area contributed by atoms with Crippen molar-refractivity contribution < 1.29 is 14.0 Å². The molecule has 8 heteroatoms. The average molecular weight is 391 g/mol. The molecular formula is C19H20ClFN4O2. The van der Waals surface area contributed by atoms with Gasteiger partial charge in [-0.25, -0.2) is 9.37 Å². The molecule has 2 aromatic rings. The van der Waals surface area contributed by atoms with Crippen LogP contribution in [0.3, 0.4) is 0 Å². The molecule has 3 rings (SSSR count). The van der Waals surface area contributed by atoms with E-state index in [4.69, 9.17) is 11.6 Å². The zero-order valence-electron chi connectivity index (χ0n) is 14.6. The smallest absolute Gasteiger partial charge is 0.238 e. The fourth-order valence-electron chi connectivity index (χ4n) is 2.98. The van der Waals surface area contributed by atoms with Gasteiger partial charge in [-0.2, -0.15) is 0 Å². The first-order valence-corrected chi connectivity index (χ1v) is 9.07. The molecule has 6 nitrogen and oxygen atoms in total. The van der Waals surface area contributed by atoms with Gasteiger partial charge in [-0.1, -0.05) is 11.6 Å². The maximum atomic E-state index is 12.9. The number of nitrogens with zero attached hydrogens (tertiary/aromatic N) is 2. The van der Waals surface area contributed by atoms with Crippen molar-refractivity contribution >= 4 is 34.8 Å². The summed E-state index contributed by atoms with van der Waals surface area (Å²) in [7, 11) is 0. The van der Waals surface area contributed by atoms with Crippen LogP contribution in [0.1, 0.15) is 12.8 Å². The van der Waals surface area contributed by atoms with Crippen LogP contribution in [0.25, 0.3) is 0 Å². The highest BCUT2D eigenvalue weighted by molar-refractivity contribution is 6.29. The Morgan fingerprint density at radius 1 is 1.07 bits per heavy atom. The van der Waals surface area contributed by atoms with Gasteiger partial charge in [0.2, 0.25) is 11.8 Å². The number of nitrogens with one attached hydrogen (secondary N) is 2. The number of aromatic nitrogens is 1. The van der Waals surface area contributed by atoms with Crippen LogP contribution in [-0.2, 0) is 9.59 Å². The normalized spacial score (nSPS) is 15.3. The van der Waals surface area contributed by atoms with Gasteiger partial charge >= 0.3 is 0 Å². The molecule has 2 amide bonds. The predicted molar refractivity (Wildman–Crippen MR) is 102 cm³/mol. The Labute approximate surface area is 161 Å². The molecule has 0 radical (unpaired) electrons. The van der Waals surface area contributed by atoms with E-state index < -0.39 is 0 Å². The van der Waals surface area contributed by atoms with Gasteiger partial charge in [0.15, 0.2) is 0 Å². The summed E-state index contributed by atoms with van der Waals surface area (Å²) in [6, 6.07) is 8.98. The van der Waals surface area contributed by atoms with Gasteiger partial charge in [-0.05, 0) is 62.3 Å². The Hall–Kier alpha value is -2.51. The highest BCUT2D eigenvalue weighted by Crippen LogP contribution is 2.20. The molecule has 1 fully saturated rings. The van der Waals surface area contributed by atoms with Crippen LogP contribution in [0.2, 0.25) is 5.15 Å². The van der Waals surface area contributed by atoms with Crippen molar-refractivity contribution in [3.8, 4) is 0 Å². The summed E-state index contributed by atoms with van der Waals surface area (Å²) in [5, 5.41) is 5.96. The highest BCUT2D eigenvalue weighted by atomic mass is 35.5. The summed E-state index contributed by atoms with van der Waals surface area (Å²) in [5.41, 5.74) is 1.18. The van der Waals surface area contributed by atoms with Crippen molar-refractivity contribution in [1.29, 1.82) is 0 Å². The maximum absolute atomic E-state index is 12.9. The largest absolute Gasteiger partial charge is 0.325 e. The molecule has 0 unspecified atom stereocenters. The van der Waals surface area contributed by atoms with E-state index in [1.807, 2.05) is 4.90 Å². The first kappa shape index (κ1) is 19.3. The molecule has 1 aliphatic rings. The van der Waals surface area contributed by atoms with Crippen molar-refractivity contribution in [2.75, 3.05) is 30.3 Å². The number of benzene rings is 1. The number of halogens is 2. The van der Waals surface area contributed by atoms with Gasteiger partial charge in [-0.15, -0.1) is 0 Å². The van der Waals surface area contributed by atoms with Gasteiger partial charge in [0, 0.05) is 11.6 Å². The Kier molecular flexibility index (Phi) is 6.36. The summed E-state index contributed by atoms with van der Waals surface area (Å²) < 4.78 is 12.9. The monoisotopic (exact) mass is 390 g/mol. The fourth-order valence-corrected chi connectivity index (χ4v) is 3.10. The topological polar surface area (TPSA) is 74.3 Å². The van der Waals surface area contributed by atoms with Gasteiger partial charge in [0.05, 0.1) is 18.4 Å². The average Bonchev–Trinajstić information content (AvgIpc) is 2.66. The van der Waals surface area contributed by atoms with Crippen molar-refractivity contribution in [2.24, 2.45) is 5.92 Å². The molecule has 0 saturated carbocycles. The number of likely N-dealkylation sites (tertiary alicyclic amines) is 1. The van der Waals surface area contributed by atoms with Crippen molar-refractivity contribution in [3.63, 3.8) is 0 Å². The van der Waals surface area contributed by atoms with Crippen LogP contribution in [0.5, 0.6) is 0 Å². The van der Waals surface area contributed by atoms with E-state index in [0.29, 0.717) is 42.5 Å². The van der Waals surface area contributed by atoms with E-state index in [1.54, 1.807) is 12.1 Å². The fraction of sp³-hybridized carbons (Fsp3) is 0.316. The molecule has 2 heterocycles. The first-order valence-electron chi connectivity index (χ1n) is 8.70. The highest BCUT2D eigenvalue weighted by Gasteiger charge is 2.26. The number of anilines is 2. The lowest BCUT2D eigenvalue weighted by Crippen LogP contribution is -2.41. The number of rotatable bonds is 5. The predicted octanol–water partition coefficient (Wildman–Crippen LogP) is 3.16. The van der Waals surface area contributed by atoms with E-state index >= 15 is 0 Å². The molecule has 0 atom stereocenters. The second-order valence-electron chi connectivity index (χ2n) is 6.46. The van der Waals surface area contributed by atoms with Crippen LogP contribution in [0.4, 0.5) is 15.8 Å². The standard InChI is InChI=1S/C19H20ClFN4O2/c20-17-6-5-16(11-22-17)24-19(27)13-7-9-25(10-8-13)12-18(26)23-15-3-1-14(21)2-4-15/h1-6,11,13H,7-10,12H2,(H,23,26)(H,24,27). The van der Waals surface area contributed by atoms with Crippen LogP contribution in [0.15, 0.2) is 42.6 Å². The molecule has 2 N–H and O–H groups in total. The molecule has 1 aromatic carbocycles. The number of amides is 2. The summed E-state index contributed by atoms with van der Waals surface area (Å²) in [4.78, 5) is 30.4. The second-order valence-corrected chi connectivity index (χ2v) is 6.85. The van der Waals surface area contributed by atoms with E-state index in [-0.39, 0.29) is 30.1 Å². The minimum Gasteiger partial charge on any atom is -0.325 e. The lowest BCUT2D eigenvalue weighted by atomic mass is 9.96. The zero-order chi connectivity index (χ0) is 19.2. The number of carbonyl (C=O) groups excluding carboxylic acids is 2. The SMILES string of the molecule is O=C(CN1CCC(C(=O)Nc2ccc(Cl)nc2)CC1)Nc1ccc(F)cc1. The summed E-state index contributed by atoms with van der Waals surface area (Å²) in [5.74, 6) is -0.647. The second kappa shape index (κ2) is 8.92. The van der Waals surface area contributed by atoms with Crippen LogP contribution in [0, 0.1) is 11.7 Å². The molecule has 0 aliphatic carbocycles. The zero-order valence-corrected chi connectivity index (χ0v) is 15.4. The van der Waals surface area contributed by atoms with Crippen molar-refractivity contribution in [3.05, 3.63) is 53.6 Å². The Morgan fingerprint density at radius 3 is 2.37 bits per heavy atom. The number of piperidine rings is 1. The molecule has 27 heavy (non-hydrogen) atoms. The minimum absolute atomic E-state index is 0.0467. The number of carbonyl (C=O) groups is 2. The van der Waals surface area contributed by atoms with E-state index in [2.05, 4.69) is 15.6 Å². The number of hydrogen-bond acceptors (Lipinski definition) is 4. The van der Waals surface area contributed by atoms with Gasteiger partial charge in [0.1, 0.15) is 11.0 Å². The summed E-state index contributed by atoms with van der Waals surface area (Å²) in [6.45, 7) is 1.56. The van der Waals surface area contributed by atoms with E-state index in [9.17, 15) is 14.0 Å². The Balaban J connectivity index is 1.42. The van der Waals surface area contributed by atoms with Crippen molar-refractivity contribution in [2.45, 2.75) is 12.8 Å². The summed E-state index contributed by atoms with van der Waals surface area (Å²) in [6.07, 6.45) is 2.88. The van der Waals surface area contributed by atoms with E-state index in [0.717, 1.165) is 0 Å². The van der Waals surface area contributed by atoms with E-state index in [1.165, 1.54) is 30.5 Å². The third-order valence-corrected chi connectivity index (χ3v) is 4.67. The van der Waals surface area contributed by atoms with Crippen LogP contribution < -0.4 is 10.6 Å². The Bertz CT molecular complexity index is 790. The van der Waals surface area contributed by atoms with Crippen molar-refractivity contribution in [1.82, 2.24) is 9.88 Å².